The van der Waals surface area contributed by atoms with E-state index in [4.69, 9.17) is 12.2 Å². The first-order valence-corrected chi connectivity index (χ1v) is 7.84. The maximum atomic E-state index is 13.9. The van der Waals surface area contributed by atoms with Gasteiger partial charge in [-0.1, -0.05) is 42.2 Å². The summed E-state index contributed by atoms with van der Waals surface area (Å²) in [6, 6.07) is 10.9. The van der Waals surface area contributed by atoms with Crippen molar-refractivity contribution in [1.82, 2.24) is 0 Å². The minimum absolute atomic E-state index is 0.196. The lowest BCUT2D eigenvalue weighted by Crippen LogP contribution is -2.27. The van der Waals surface area contributed by atoms with Gasteiger partial charge < -0.3 is 0 Å². The average Bonchev–Trinajstić information content (AvgIpc) is 2.55. The van der Waals surface area contributed by atoms with Gasteiger partial charge in [-0.2, -0.15) is 0 Å². The third-order valence-corrected chi connectivity index (χ3v) is 3.61. The van der Waals surface area contributed by atoms with Gasteiger partial charge in [0.15, 0.2) is 22.6 Å². The Morgan fingerprint density at radius 2 is 1.77 bits per heavy atom. The standard InChI is InChI=1S/C15H11F3N2S2/c1-22-15(19-10-5-3-2-4-6-10)20(9-21)12-8-7-11(16)13(17)14(12)18/h2-9H,1H3. The number of nitrogens with zero attached hydrogens (tertiary/aromatic N) is 2. The van der Waals surface area contributed by atoms with Gasteiger partial charge in [-0.25, -0.2) is 18.2 Å². The highest BCUT2D eigenvalue weighted by molar-refractivity contribution is 8.13. The lowest BCUT2D eigenvalue weighted by Gasteiger charge is -2.20. The lowest BCUT2D eigenvalue weighted by atomic mass is 10.2. The summed E-state index contributed by atoms with van der Waals surface area (Å²) in [6.45, 7) is 0. The zero-order valence-corrected chi connectivity index (χ0v) is 13.1. The number of benzene rings is 2. The second-order valence-corrected chi connectivity index (χ2v) is 5.09. The first kappa shape index (κ1) is 16.5. The Balaban J connectivity index is 2.48. The molecule has 0 N–H and O–H groups in total. The lowest BCUT2D eigenvalue weighted by molar-refractivity contribution is 0.449. The Bertz CT molecular complexity index is 705. The predicted molar refractivity (Wildman–Crippen MR) is 89.5 cm³/mol. The van der Waals surface area contributed by atoms with Crippen LogP contribution in [0.3, 0.4) is 0 Å². The fourth-order valence-electron chi connectivity index (χ4n) is 1.72. The molecule has 0 aliphatic carbocycles. The van der Waals surface area contributed by atoms with Crippen LogP contribution >= 0.6 is 24.0 Å². The Hall–Kier alpha value is -1.86. The molecule has 0 saturated heterocycles. The van der Waals surface area contributed by atoms with Gasteiger partial charge in [0, 0.05) is 0 Å². The number of para-hydroxylation sites is 1. The summed E-state index contributed by atoms with van der Waals surface area (Å²) >= 11 is 6.08. The summed E-state index contributed by atoms with van der Waals surface area (Å²) in [6.07, 6.45) is 1.73. The minimum Gasteiger partial charge on any atom is -0.283 e. The van der Waals surface area contributed by atoms with Crippen molar-refractivity contribution < 1.29 is 13.2 Å². The third kappa shape index (κ3) is 3.48. The van der Waals surface area contributed by atoms with Crippen LogP contribution in [0.2, 0.25) is 0 Å². The van der Waals surface area contributed by atoms with Crippen LogP contribution in [0.5, 0.6) is 0 Å². The summed E-state index contributed by atoms with van der Waals surface area (Å²) in [5.74, 6) is -4.10. The summed E-state index contributed by atoms with van der Waals surface area (Å²) in [7, 11) is 0. The molecule has 0 radical (unpaired) electrons. The highest BCUT2D eigenvalue weighted by Crippen LogP contribution is 2.26. The van der Waals surface area contributed by atoms with Crippen LogP contribution in [-0.4, -0.2) is 16.9 Å². The van der Waals surface area contributed by atoms with Crippen molar-refractivity contribution in [3.8, 4) is 0 Å². The summed E-state index contributed by atoms with van der Waals surface area (Å²) in [4.78, 5) is 5.54. The van der Waals surface area contributed by atoms with Crippen LogP contribution < -0.4 is 4.90 Å². The van der Waals surface area contributed by atoms with E-state index in [0.717, 1.165) is 17.6 Å². The van der Waals surface area contributed by atoms with E-state index in [-0.39, 0.29) is 5.69 Å². The van der Waals surface area contributed by atoms with Crippen molar-refractivity contribution in [2.75, 3.05) is 11.2 Å². The summed E-state index contributed by atoms with van der Waals surface area (Å²) in [5, 5.41) is 0.339. The summed E-state index contributed by atoms with van der Waals surface area (Å²) in [5.41, 5.74) is 1.57. The molecule has 2 aromatic rings. The number of hydrogen-bond acceptors (Lipinski definition) is 3. The molecule has 0 aliphatic rings. The molecule has 0 fully saturated rings. The van der Waals surface area contributed by atoms with E-state index in [0.29, 0.717) is 10.9 Å². The molecule has 0 atom stereocenters. The van der Waals surface area contributed by atoms with E-state index < -0.39 is 17.5 Å². The van der Waals surface area contributed by atoms with E-state index in [1.165, 1.54) is 16.7 Å². The quantitative estimate of drug-likeness (QED) is 0.341. The molecule has 2 aromatic carbocycles. The molecule has 7 heteroatoms. The topological polar surface area (TPSA) is 15.6 Å². The molecule has 0 bridgehead atoms. The predicted octanol–water partition coefficient (Wildman–Crippen LogP) is 4.92. The second kappa shape index (κ2) is 7.42. The fourth-order valence-corrected chi connectivity index (χ4v) is 2.54. The number of aliphatic imine (C=N–C) groups is 1. The van der Waals surface area contributed by atoms with E-state index in [1.54, 1.807) is 30.5 Å². The van der Waals surface area contributed by atoms with Crippen molar-refractivity contribution in [1.29, 1.82) is 0 Å². The summed E-state index contributed by atoms with van der Waals surface area (Å²) < 4.78 is 40.4. The van der Waals surface area contributed by atoms with Crippen molar-refractivity contribution >= 4 is 46.0 Å². The van der Waals surface area contributed by atoms with Gasteiger partial charge in [0.1, 0.15) is 0 Å². The number of halogens is 3. The van der Waals surface area contributed by atoms with Crippen LogP contribution in [0, 0.1) is 17.5 Å². The van der Waals surface area contributed by atoms with Gasteiger partial charge >= 0.3 is 0 Å². The van der Waals surface area contributed by atoms with Gasteiger partial charge in [0.05, 0.1) is 16.9 Å². The highest BCUT2D eigenvalue weighted by Gasteiger charge is 2.20. The van der Waals surface area contributed by atoms with Crippen LogP contribution in [0.1, 0.15) is 0 Å². The Morgan fingerprint density at radius 3 is 2.36 bits per heavy atom. The zero-order valence-electron chi connectivity index (χ0n) is 11.5. The Kier molecular flexibility index (Phi) is 5.57. The second-order valence-electron chi connectivity index (χ2n) is 4.10. The maximum absolute atomic E-state index is 13.9. The van der Waals surface area contributed by atoms with Crippen LogP contribution in [0.15, 0.2) is 47.5 Å². The SMILES string of the molecule is CSC(=Nc1ccccc1)N(C=S)c1ccc(F)c(F)c1F. The van der Waals surface area contributed by atoms with E-state index >= 15 is 0 Å². The number of thioether (sulfide) groups is 1. The maximum Gasteiger partial charge on any atom is 0.196 e. The molecular weight excluding hydrogens is 329 g/mol. The molecule has 0 heterocycles. The smallest absolute Gasteiger partial charge is 0.196 e. The van der Waals surface area contributed by atoms with E-state index in [1.807, 2.05) is 6.07 Å². The first-order valence-electron chi connectivity index (χ1n) is 6.14. The van der Waals surface area contributed by atoms with Crippen LogP contribution in [0.25, 0.3) is 0 Å². The first-order chi connectivity index (χ1) is 10.6. The number of hydrogen-bond donors (Lipinski definition) is 0. The molecule has 22 heavy (non-hydrogen) atoms. The molecule has 114 valence electrons. The molecule has 2 nitrogen and oxygen atoms in total. The molecule has 0 saturated carbocycles. The normalized spacial score (nSPS) is 11.4. The Labute approximate surface area is 135 Å². The molecule has 0 aromatic heterocycles. The van der Waals surface area contributed by atoms with Gasteiger partial charge in [0.2, 0.25) is 0 Å². The zero-order chi connectivity index (χ0) is 16.1. The highest BCUT2D eigenvalue weighted by atomic mass is 32.2. The van der Waals surface area contributed by atoms with E-state index in [9.17, 15) is 13.2 Å². The van der Waals surface area contributed by atoms with Gasteiger partial charge in [0.25, 0.3) is 0 Å². The molecular formula is C15H11F3N2S2. The van der Waals surface area contributed by atoms with Crippen molar-refractivity contribution in [3.63, 3.8) is 0 Å². The Morgan fingerprint density at radius 1 is 1.09 bits per heavy atom. The fraction of sp³-hybridized carbons (Fsp3) is 0.0667. The third-order valence-electron chi connectivity index (χ3n) is 2.75. The van der Waals surface area contributed by atoms with Crippen molar-refractivity contribution in [2.24, 2.45) is 4.99 Å². The largest absolute Gasteiger partial charge is 0.283 e. The number of rotatable bonds is 3. The number of thiocarbonyl (C=S) groups is 1. The van der Waals surface area contributed by atoms with Gasteiger partial charge in [-0.3, -0.25) is 4.90 Å². The molecule has 0 amide bonds. The number of anilines is 1. The van der Waals surface area contributed by atoms with Gasteiger partial charge in [-0.05, 0) is 30.5 Å². The minimum atomic E-state index is -1.54. The monoisotopic (exact) mass is 340 g/mol. The molecule has 0 spiro atoms. The van der Waals surface area contributed by atoms with Crippen molar-refractivity contribution in [2.45, 2.75) is 0 Å². The molecule has 2 rings (SSSR count). The van der Waals surface area contributed by atoms with Crippen molar-refractivity contribution in [3.05, 3.63) is 59.9 Å². The molecule has 0 unspecified atom stereocenters. The van der Waals surface area contributed by atoms with Crippen LogP contribution in [-0.2, 0) is 0 Å². The number of amidine groups is 1. The molecule has 0 aliphatic heterocycles. The van der Waals surface area contributed by atoms with Crippen LogP contribution in [0.4, 0.5) is 24.5 Å². The van der Waals surface area contributed by atoms with Gasteiger partial charge in [-0.15, -0.1) is 0 Å². The average molecular weight is 340 g/mol. The van der Waals surface area contributed by atoms with E-state index in [2.05, 4.69) is 4.99 Å².